The standard InChI is InChI=1S/C16H17ClN2O4S/c1-10-4-7-14(23-3)13(8-10)19-16(20)11-5-6-12(17)15(9-11)24(21,22)18-2/h4-9,18H,1-3H3,(H,19,20). The smallest absolute Gasteiger partial charge is 0.255 e. The van der Waals surface area contributed by atoms with Gasteiger partial charge in [0.05, 0.1) is 17.8 Å². The number of carbonyl (C=O) groups is 1. The Balaban J connectivity index is 2.38. The molecule has 1 amide bonds. The predicted molar refractivity (Wildman–Crippen MR) is 93.4 cm³/mol. The molecule has 0 fully saturated rings. The molecule has 0 saturated carbocycles. The number of hydrogen-bond donors (Lipinski definition) is 2. The number of rotatable bonds is 5. The Morgan fingerprint density at radius 2 is 1.88 bits per heavy atom. The maximum Gasteiger partial charge on any atom is 0.255 e. The van der Waals surface area contributed by atoms with E-state index in [9.17, 15) is 13.2 Å². The third-order valence-electron chi connectivity index (χ3n) is 3.35. The summed E-state index contributed by atoms with van der Waals surface area (Å²) in [5.74, 6) is 0.0362. The van der Waals surface area contributed by atoms with Gasteiger partial charge in [-0.25, -0.2) is 13.1 Å². The number of sulfonamides is 1. The fourth-order valence-corrected chi connectivity index (χ4v) is 3.32. The van der Waals surface area contributed by atoms with E-state index >= 15 is 0 Å². The molecule has 0 spiro atoms. The number of anilines is 1. The van der Waals surface area contributed by atoms with Crippen molar-refractivity contribution in [3.05, 3.63) is 52.5 Å². The van der Waals surface area contributed by atoms with Gasteiger partial charge in [0.1, 0.15) is 10.6 Å². The van der Waals surface area contributed by atoms with Gasteiger partial charge in [-0.15, -0.1) is 0 Å². The van der Waals surface area contributed by atoms with Gasteiger partial charge in [0.25, 0.3) is 5.91 Å². The zero-order valence-corrected chi connectivity index (χ0v) is 15.0. The summed E-state index contributed by atoms with van der Waals surface area (Å²) in [4.78, 5) is 12.3. The molecule has 6 nitrogen and oxygen atoms in total. The first-order valence-electron chi connectivity index (χ1n) is 6.97. The highest BCUT2D eigenvalue weighted by molar-refractivity contribution is 7.89. The second-order valence-electron chi connectivity index (χ2n) is 5.01. The van der Waals surface area contributed by atoms with Crippen molar-refractivity contribution in [2.24, 2.45) is 0 Å². The molecule has 2 rings (SSSR count). The SMILES string of the molecule is CNS(=O)(=O)c1cc(C(=O)Nc2cc(C)ccc2OC)ccc1Cl. The lowest BCUT2D eigenvalue weighted by atomic mass is 10.1. The molecule has 0 bridgehead atoms. The van der Waals surface area contributed by atoms with Crippen molar-refractivity contribution in [1.29, 1.82) is 0 Å². The lowest BCUT2D eigenvalue weighted by molar-refractivity contribution is 0.102. The lowest BCUT2D eigenvalue weighted by Crippen LogP contribution is -2.20. The van der Waals surface area contributed by atoms with Gasteiger partial charge in [0.15, 0.2) is 0 Å². The number of halogens is 1. The summed E-state index contributed by atoms with van der Waals surface area (Å²) in [6.07, 6.45) is 0. The summed E-state index contributed by atoms with van der Waals surface area (Å²) in [6, 6.07) is 9.41. The molecule has 0 aliphatic carbocycles. The zero-order chi connectivity index (χ0) is 17.9. The first kappa shape index (κ1) is 18.3. The largest absolute Gasteiger partial charge is 0.495 e. The molecule has 0 aromatic heterocycles. The van der Waals surface area contributed by atoms with Crippen LogP contribution in [0.3, 0.4) is 0 Å². The Morgan fingerprint density at radius 3 is 2.50 bits per heavy atom. The van der Waals surface area contributed by atoms with E-state index in [1.165, 1.54) is 32.4 Å². The summed E-state index contributed by atoms with van der Waals surface area (Å²) in [7, 11) is -0.990. The van der Waals surface area contributed by atoms with E-state index in [-0.39, 0.29) is 15.5 Å². The molecule has 0 atom stereocenters. The molecule has 2 aromatic carbocycles. The van der Waals surface area contributed by atoms with Gasteiger partial charge in [-0.3, -0.25) is 4.79 Å². The number of amides is 1. The Bertz CT molecular complexity index is 882. The van der Waals surface area contributed by atoms with E-state index in [1.807, 2.05) is 13.0 Å². The maximum atomic E-state index is 12.4. The Kier molecular flexibility index (Phi) is 5.48. The van der Waals surface area contributed by atoms with Crippen molar-refractivity contribution in [1.82, 2.24) is 4.72 Å². The number of hydrogen-bond acceptors (Lipinski definition) is 4. The number of benzene rings is 2. The van der Waals surface area contributed by atoms with E-state index in [0.29, 0.717) is 11.4 Å². The minimum atomic E-state index is -3.76. The summed E-state index contributed by atoms with van der Waals surface area (Å²) >= 11 is 5.92. The van der Waals surface area contributed by atoms with Crippen molar-refractivity contribution in [3.8, 4) is 5.75 Å². The highest BCUT2D eigenvalue weighted by atomic mass is 35.5. The minimum absolute atomic E-state index is 0.0361. The third kappa shape index (κ3) is 3.87. The van der Waals surface area contributed by atoms with Gasteiger partial charge in [0, 0.05) is 5.56 Å². The molecule has 0 aliphatic rings. The van der Waals surface area contributed by atoms with E-state index in [4.69, 9.17) is 16.3 Å². The van der Waals surface area contributed by atoms with E-state index in [2.05, 4.69) is 10.0 Å². The van der Waals surface area contributed by atoms with Crippen molar-refractivity contribution < 1.29 is 17.9 Å². The average Bonchev–Trinajstić information content (AvgIpc) is 2.55. The van der Waals surface area contributed by atoms with Crippen LogP contribution < -0.4 is 14.8 Å². The second-order valence-corrected chi connectivity index (χ2v) is 7.27. The quantitative estimate of drug-likeness (QED) is 0.849. The molecule has 128 valence electrons. The first-order chi connectivity index (χ1) is 11.3. The average molecular weight is 369 g/mol. The number of ether oxygens (including phenoxy) is 1. The van der Waals surface area contributed by atoms with Crippen LogP contribution in [-0.2, 0) is 10.0 Å². The number of methoxy groups -OCH3 is 1. The van der Waals surface area contributed by atoms with Crippen LogP contribution in [0.25, 0.3) is 0 Å². The summed E-state index contributed by atoms with van der Waals surface area (Å²) < 4.78 is 31.3. The van der Waals surface area contributed by atoms with Gasteiger partial charge in [-0.05, 0) is 49.9 Å². The summed E-state index contributed by atoms with van der Waals surface area (Å²) in [6.45, 7) is 1.88. The fraction of sp³-hybridized carbons (Fsp3) is 0.188. The highest BCUT2D eigenvalue weighted by Gasteiger charge is 2.19. The van der Waals surface area contributed by atoms with Crippen LogP contribution in [0.2, 0.25) is 5.02 Å². The predicted octanol–water partition coefficient (Wildman–Crippen LogP) is 2.82. The van der Waals surface area contributed by atoms with Crippen molar-refractivity contribution in [3.63, 3.8) is 0 Å². The molecule has 2 aromatic rings. The topological polar surface area (TPSA) is 84.5 Å². The van der Waals surface area contributed by atoms with Crippen LogP contribution in [0.4, 0.5) is 5.69 Å². The monoisotopic (exact) mass is 368 g/mol. The summed E-state index contributed by atoms with van der Waals surface area (Å²) in [5, 5.41) is 2.75. The van der Waals surface area contributed by atoms with Crippen LogP contribution in [-0.4, -0.2) is 28.5 Å². The zero-order valence-electron chi connectivity index (χ0n) is 13.4. The van der Waals surface area contributed by atoms with Crippen LogP contribution in [0, 0.1) is 6.92 Å². The van der Waals surface area contributed by atoms with Gasteiger partial charge in [-0.1, -0.05) is 17.7 Å². The number of nitrogens with one attached hydrogen (secondary N) is 2. The maximum absolute atomic E-state index is 12.4. The Labute approximate surface area is 145 Å². The molecule has 24 heavy (non-hydrogen) atoms. The van der Waals surface area contributed by atoms with Gasteiger partial charge >= 0.3 is 0 Å². The van der Waals surface area contributed by atoms with Gasteiger partial charge < -0.3 is 10.1 Å². The first-order valence-corrected chi connectivity index (χ1v) is 8.83. The molecule has 0 heterocycles. The molecule has 0 saturated heterocycles. The van der Waals surface area contributed by atoms with Gasteiger partial charge in [-0.2, -0.15) is 0 Å². The number of aryl methyl sites for hydroxylation is 1. The van der Waals surface area contributed by atoms with E-state index < -0.39 is 15.9 Å². The molecule has 0 unspecified atom stereocenters. The molecule has 8 heteroatoms. The number of carbonyl (C=O) groups excluding carboxylic acids is 1. The molecular formula is C16H17ClN2O4S. The Hall–Kier alpha value is -2.09. The minimum Gasteiger partial charge on any atom is -0.495 e. The molecule has 0 aliphatic heterocycles. The van der Waals surface area contributed by atoms with E-state index in [1.54, 1.807) is 12.1 Å². The van der Waals surface area contributed by atoms with Gasteiger partial charge in [0.2, 0.25) is 10.0 Å². The molecule has 2 N–H and O–H groups in total. The van der Waals surface area contributed by atoms with Crippen LogP contribution in [0.15, 0.2) is 41.3 Å². The molecular weight excluding hydrogens is 352 g/mol. The van der Waals surface area contributed by atoms with E-state index in [0.717, 1.165) is 5.56 Å². The van der Waals surface area contributed by atoms with Crippen molar-refractivity contribution in [2.45, 2.75) is 11.8 Å². The summed E-state index contributed by atoms with van der Waals surface area (Å²) in [5.41, 5.74) is 1.60. The molecule has 0 radical (unpaired) electrons. The van der Waals surface area contributed by atoms with Crippen molar-refractivity contribution in [2.75, 3.05) is 19.5 Å². The highest BCUT2D eigenvalue weighted by Crippen LogP contribution is 2.27. The second kappa shape index (κ2) is 7.21. The van der Waals surface area contributed by atoms with Crippen LogP contribution >= 0.6 is 11.6 Å². The fourth-order valence-electron chi connectivity index (χ4n) is 2.07. The normalized spacial score (nSPS) is 11.2. The Morgan fingerprint density at radius 1 is 1.17 bits per heavy atom. The lowest BCUT2D eigenvalue weighted by Gasteiger charge is -2.12. The third-order valence-corrected chi connectivity index (χ3v) is 5.25. The van der Waals surface area contributed by atoms with Crippen LogP contribution in [0.1, 0.15) is 15.9 Å². The van der Waals surface area contributed by atoms with Crippen LogP contribution in [0.5, 0.6) is 5.75 Å². The van der Waals surface area contributed by atoms with Crippen molar-refractivity contribution >= 4 is 33.2 Å².